The Bertz CT molecular complexity index is 413. The van der Waals surface area contributed by atoms with Gasteiger partial charge in [-0.1, -0.05) is 6.92 Å². The maximum atomic E-state index is 11.9. The molecule has 0 fully saturated rings. The molecule has 2 amide bonds. The number of aromatic carboxylic acids is 1. The molecule has 100 valence electrons. The average Bonchev–Trinajstić information content (AvgIpc) is 2.77. The van der Waals surface area contributed by atoms with E-state index in [0.29, 0.717) is 11.5 Å². The first-order valence-electron chi connectivity index (χ1n) is 5.57. The SMILES string of the molecule is CCCN(CCO)C(=O)Nc1sccc1C(=O)O. The Balaban J connectivity index is 2.72. The fourth-order valence-electron chi connectivity index (χ4n) is 1.46. The van der Waals surface area contributed by atoms with Crippen LogP contribution in [0.1, 0.15) is 23.7 Å². The lowest BCUT2D eigenvalue weighted by Gasteiger charge is -2.21. The van der Waals surface area contributed by atoms with Crippen LogP contribution in [0.5, 0.6) is 0 Å². The number of nitrogens with zero attached hydrogens (tertiary/aromatic N) is 1. The highest BCUT2D eigenvalue weighted by molar-refractivity contribution is 7.14. The molecular weight excluding hydrogens is 256 g/mol. The first-order valence-corrected chi connectivity index (χ1v) is 6.45. The minimum atomic E-state index is -1.07. The third-order valence-electron chi connectivity index (χ3n) is 2.27. The number of hydrogen-bond donors (Lipinski definition) is 3. The number of carboxylic acids is 1. The minimum Gasteiger partial charge on any atom is -0.478 e. The summed E-state index contributed by atoms with van der Waals surface area (Å²) >= 11 is 1.16. The van der Waals surface area contributed by atoms with Crippen LogP contribution in [0.4, 0.5) is 9.80 Å². The standard InChI is InChI=1S/C11H16N2O4S/c1-2-4-13(5-6-14)11(17)12-9-8(10(15)16)3-7-18-9/h3,7,14H,2,4-6H2,1H3,(H,12,17)(H,15,16). The molecule has 18 heavy (non-hydrogen) atoms. The van der Waals surface area contributed by atoms with E-state index in [4.69, 9.17) is 10.2 Å². The molecule has 0 saturated carbocycles. The molecule has 3 N–H and O–H groups in total. The molecule has 1 rings (SSSR count). The maximum absolute atomic E-state index is 11.9. The van der Waals surface area contributed by atoms with Crippen molar-refractivity contribution in [1.82, 2.24) is 4.90 Å². The van der Waals surface area contributed by atoms with E-state index in [1.165, 1.54) is 11.0 Å². The van der Waals surface area contributed by atoms with E-state index >= 15 is 0 Å². The third-order valence-corrected chi connectivity index (χ3v) is 3.10. The van der Waals surface area contributed by atoms with Crippen molar-refractivity contribution in [3.63, 3.8) is 0 Å². The first kappa shape index (κ1) is 14.5. The van der Waals surface area contributed by atoms with Crippen molar-refractivity contribution in [2.45, 2.75) is 13.3 Å². The number of rotatable bonds is 6. The van der Waals surface area contributed by atoms with E-state index in [9.17, 15) is 9.59 Å². The van der Waals surface area contributed by atoms with Crippen LogP contribution < -0.4 is 5.32 Å². The van der Waals surface area contributed by atoms with Gasteiger partial charge in [0.15, 0.2) is 0 Å². The molecule has 1 aromatic rings. The predicted octanol–water partition coefficient (Wildman–Crippen LogP) is 1.68. The number of thiophene rings is 1. The van der Waals surface area contributed by atoms with Crippen LogP contribution >= 0.6 is 11.3 Å². The summed E-state index contributed by atoms with van der Waals surface area (Å²) in [4.78, 5) is 24.2. The van der Waals surface area contributed by atoms with Crippen LogP contribution in [0.3, 0.4) is 0 Å². The molecule has 6 nitrogen and oxygen atoms in total. The number of aliphatic hydroxyl groups is 1. The Labute approximate surface area is 109 Å². The van der Waals surface area contributed by atoms with E-state index in [1.807, 2.05) is 6.92 Å². The van der Waals surface area contributed by atoms with Crippen LogP contribution in [0.15, 0.2) is 11.4 Å². The van der Waals surface area contributed by atoms with E-state index < -0.39 is 12.0 Å². The zero-order valence-corrected chi connectivity index (χ0v) is 10.9. The molecule has 0 unspecified atom stereocenters. The van der Waals surface area contributed by atoms with Gasteiger partial charge in [-0.3, -0.25) is 5.32 Å². The summed E-state index contributed by atoms with van der Waals surface area (Å²) in [6, 6.07) is 1.05. The van der Waals surface area contributed by atoms with Gasteiger partial charge in [-0.15, -0.1) is 11.3 Å². The third kappa shape index (κ3) is 3.71. The maximum Gasteiger partial charge on any atom is 0.338 e. The van der Waals surface area contributed by atoms with Gasteiger partial charge in [-0.05, 0) is 17.9 Å². The van der Waals surface area contributed by atoms with Crippen molar-refractivity contribution in [2.24, 2.45) is 0 Å². The summed E-state index contributed by atoms with van der Waals surface area (Å²) < 4.78 is 0. The molecule has 0 aliphatic carbocycles. The van der Waals surface area contributed by atoms with Crippen molar-refractivity contribution >= 4 is 28.3 Å². The number of urea groups is 1. The number of nitrogens with one attached hydrogen (secondary N) is 1. The molecule has 0 spiro atoms. The van der Waals surface area contributed by atoms with Gasteiger partial charge >= 0.3 is 12.0 Å². The lowest BCUT2D eigenvalue weighted by Crippen LogP contribution is -2.37. The Morgan fingerprint density at radius 2 is 2.17 bits per heavy atom. The van der Waals surface area contributed by atoms with Crippen molar-refractivity contribution < 1.29 is 19.8 Å². The fourth-order valence-corrected chi connectivity index (χ4v) is 2.22. The Morgan fingerprint density at radius 3 is 2.72 bits per heavy atom. The normalized spacial score (nSPS) is 10.1. The molecule has 1 heterocycles. The van der Waals surface area contributed by atoms with Gasteiger partial charge in [-0.25, -0.2) is 9.59 Å². The number of anilines is 1. The number of carbonyl (C=O) groups excluding carboxylic acids is 1. The lowest BCUT2D eigenvalue weighted by molar-refractivity contribution is 0.0698. The van der Waals surface area contributed by atoms with Crippen LogP contribution in [0, 0.1) is 0 Å². The summed E-state index contributed by atoms with van der Waals surface area (Å²) in [5.74, 6) is -1.07. The predicted molar refractivity (Wildman–Crippen MR) is 69.2 cm³/mol. The number of hydrogen-bond acceptors (Lipinski definition) is 4. The lowest BCUT2D eigenvalue weighted by atomic mass is 10.3. The number of aliphatic hydroxyl groups excluding tert-OH is 1. The monoisotopic (exact) mass is 272 g/mol. The first-order chi connectivity index (χ1) is 8.60. The number of carbonyl (C=O) groups is 2. The highest BCUT2D eigenvalue weighted by atomic mass is 32.1. The molecule has 0 aromatic carbocycles. The zero-order valence-electron chi connectivity index (χ0n) is 10.0. The molecule has 0 saturated heterocycles. The van der Waals surface area contributed by atoms with Gasteiger partial charge in [0.25, 0.3) is 0 Å². The highest BCUT2D eigenvalue weighted by Gasteiger charge is 2.17. The Kier molecular flexibility index (Phi) is 5.60. The molecule has 0 radical (unpaired) electrons. The van der Waals surface area contributed by atoms with E-state index in [2.05, 4.69) is 5.32 Å². The number of carboxylic acid groups (broad SMARTS) is 1. The van der Waals surface area contributed by atoms with Gasteiger partial charge in [0.2, 0.25) is 0 Å². The Hall–Kier alpha value is -1.60. The average molecular weight is 272 g/mol. The molecule has 0 bridgehead atoms. The van der Waals surface area contributed by atoms with Crippen LogP contribution in [-0.2, 0) is 0 Å². The van der Waals surface area contributed by atoms with Gasteiger partial charge < -0.3 is 15.1 Å². The van der Waals surface area contributed by atoms with Crippen molar-refractivity contribution in [2.75, 3.05) is 25.0 Å². The highest BCUT2D eigenvalue weighted by Crippen LogP contribution is 2.23. The largest absolute Gasteiger partial charge is 0.478 e. The summed E-state index contributed by atoms with van der Waals surface area (Å²) in [6.45, 7) is 2.54. The van der Waals surface area contributed by atoms with Gasteiger partial charge in [0, 0.05) is 13.1 Å². The van der Waals surface area contributed by atoms with Crippen molar-refractivity contribution in [1.29, 1.82) is 0 Å². The second-order valence-corrected chi connectivity index (χ2v) is 4.53. The van der Waals surface area contributed by atoms with E-state index in [0.717, 1.165) is 17.8 Å². The smallest absolute Gasteiger partial charge is 0.338 e. The van der Waals surface area contributed by atoms with Gasteiger partial charge in [0.05, 0.1) is 12.2 Å². The summed E-state index contributed by atoms with van der Waals surface area (Å²) in [5.41, 5.74) is 0.0776. The van der Waals surface area contributed by atoms with Crippen molar-refractivity contribution in [3.05, 3.63) is 17.0 Å². The fraction of sp³-hybridized carbons (Fsp3) is 0.455. The molecule has 0 aliphatic rings. The second kappa shape index (κ2) is 6.97. The molecule has 7 heteroatoms. The van der Waals surface area contributed by atoms with Crippen LogP contribution in [0.2, 0.25) is 0 Å². The topological polar surface area (TPSA) is 89.9 Å². The van der Waals surface area contributed by atoms with E-state index in [1.54, 1.807) is 5.38 Å². The minimum absolute atomic E-state index is 0.0776. The Morgan fingerprint density at radius 1 is 1.44 bits per heavy atom. The van der Waals surface area contributed by atoms with Crippen LogP contribution in [-0.4, -0.2) is 46.8 Å². The summed E-state index contributed by atoms with van der Waals surface area (Å²) in [6.07, 6.45) is 0.768. The number of amides is 2. The molecule has 0 aliphatic heterocycles. The van der Waals surface area contributed by atoms with Gasteiger partial charge in [-0.2, -0.15) is 0 Å². The molecular formula is C11H16N2O4S. The second-order valence-electron chi connectivity index (χ2n) is 3.61. The zero-order chi connectivity index (χ0) is 13.5. The summed E-state index contributed by atoms with van der Waals surface area (Å²) in [7, 11) is 0. The molecule has 1 aromatic heterocycles. The summed E-state index contributed by atoms with van der Waals surface area (Å²) in [5, 5.41) is 22.3. The molecule has 0 atom stereocenters. The quantitative estimate of drug-likeness (QED) is 0.735. The van der Waals surface area contributed by atoms with Crippen LogP contribution in [0.25, 0.3) is 0 Å². The van der Waals surface area contributed by atoms with Gasteiger partial charge in [0.1, 0.15) is 5.00 Å². The van der Waals surface area contributed by atoms with Crippen molar-refractivity contribution in [3.8, 4) is 0 Å². The van der Waals surface area contributed by atoms with E-state index in [-0.39, 0.29) is 18.7 Å².